The zero-order valence-electron chi connectivity index (χ0n) is 18.0. The van der Waals surface area contributed by atoms with Crippen LogP contribution in [0.4, 0.5) is 5.69 Å². The molecule has 0 atom stereocenters. The molecule has 1 aromatic heterocycles. The number of anilines is 1. The zero-order valence-corrected chi connectivity index (χ0v) is 18.0. The second-order valence-corrected chi connectivity index (χ2v) is 8.69. The molecule has 30 heavy (non-hydrogen) atoms. The van der Waals surface area contributed by atoms with Crippen molar-refractivity contribution in [2.24, 2.45) is 0 Å². The van der Waals surface area contributed by atoms with Crippen molar-refractivity contribution in [1.29, 1.82) is 0 Å². The van der Waals surface area contributed by atoms with Crippen LogP contribution >= 0.6 is 0 Å². The number of carbonyl (C=O) groups is 1. The van der Waals surface area contributed by atoms with Crippen molar-refractivity contribution >= 4 is 22.6 Å². The van der Waals surface area contributed by atoms with E-state index in [-0.39, 0.29) is 11.7 Å². The summed E-state index contributed by atoms with van der Waals surface area (Å²) in [7, 11) is 0. The first-order chi connectivity index (χ1) is 14.4. The molecule has 0 aliphatic carbocycles. The third kappa shape index (κ3) is 4.08. The van der Waals surface area contributed by atoms with Gasteiger partial charge in [0.2, 0.25) is 0 Å². The maximum Gasteiger partial charge on any atom is 0.259 e. The van der Waals surface area contributed by atoms with Crippen molar-refractivity contribution in [3.63, 3.8) is 0 Å². The van der Waals surface area contributed by atoms with Gasteiger partial charge in [0.1, 0.15) is 23.6 Å². The summed E-state index contributed by atoms with van der Waals surface area (Å²) in [4.78, 5) is 14.7. The van der Waals surface area contributed by atoms with E-state index in [0.29, 0.717) is 29.4 Å². The summed E-state index contributed by atoms with van der Waals surface area (Å²) in [5.74, 6) is 1.04. The first-order valence-corrected chi connectivity index (χ1v) is 10.9. The standard InChI is InChI=1S/C25H30N2O3/c1-16(2)18-7-9-19(10-8-18)26-25(29)23-17(3)30-22-12-11-21(28)20(24(22)23)15-27-13-5-4-6-14-27/h7-12,16,28H,4-6,13-15H2,1-3H3,(H,26,29)/p+1. The van der Waals surface area contributed by atoms with Gasteiger partial charge in [0.15, 0.2) is 0 Å². The molecule has 2 aromatic carbocycles. The van der Waals surface area contributed by atoms with Crippen LogP contribution in [0.2, 0.25) is 0 Å². The van der Waals surface area contributed by atoms with Crippen molar-refractivity contribution in [3.8, 4) is 5.75 Å². The molecule has 0 bridgehead atoms. The highest BCUT2D eigenvalue weighted by Crippen LogP contribution is 2.34. The molecular formula is C25H31N2O3+. The molecule has 158 valence electrons. The Morgan fingerprint density at radius 2 is 1.80 bits per heavy atom. The van der Waals surface area contributed by atoms with E-state index in [1.54, 1.807) is 12.1 Å². The lowest BCUT2D eigenvalue weighted by atomic mass is 10.0. The van der Waals surface area contributed by atoms with Gasteiger partial charge in [-0.2, -0.15) is 0 Å². The lowest BCUT2D eigenvalue weighted by molar-refractivity contribution is -0.918. The highest BCUT2D eigenvalue weighted by atomic mass is 16.3. The number of likely N-dealkylation sites (tertiary alicyclic amines) is 1. The van der Waals surface area contributed by atoms with Crippen molar-refractivity contribution < 1.29 is 19.2 Å². The summed E-state index contributed by atoms with van der Waals surface area (Å²) < 4.78 is 5.91. The molecule has 5 heteroatoms. The molecule has 3 N–H and O–H groups in total. The number of amides is 1. The number of piperidine rings is 1. The minimum atomic E-state index is -0.205. The molecule has 5 nitrogen and oxygen atoms in total. The van der Waals surface area contributed by atoms with Crippen molar-refractivity contribution in [2.75, 3.05) is 18.4 Å². The Balaban J connectivity index is 1.68. The van der Waals surface area contributed by atoms with Crippen molar-refractivity contribution in [2.45, 2.75) is 52.5 Å². The minimum absolute atomic E-state index is 0.205. The summed E-state index contributed by atoms with van der Waals surface area (Å²) in [5, 5.41) is 14.4. The Labute approximate surface area is 177 Å². The summed E-state index contributed by atoms with van der Waals surface area (Å²) in [6.07, 6.45) is 3.68. The van der Waals surface area contributed by atoms with E-state index in [1.807, 2.05) is 31.2 Å². The van der Waals surface area contributed by atoms with E-state index in [9.17, 15) is 9.90 Å². The van der Waals surface area contributed by atoms with Crippen LogP contribution < -0.4 is 10.2 Å². The van der Waals surface area contributed by atoms with Gasteiger partial charge in [-0.15, -0.1) is 0 Å². The molecule has 1 aliphatic rings. The summed E-state index contributed by atoms with van der Waals surface area (Å²) in [6, 6.07) is 11.4. The van der Waals surface area contributed by atoms with E-state index in [1.165, 1.54) is 29.7 Å². The molecule has 0 spiro atoms. The Kier molecular flexibility index (Phi) is 5.82. The van der Waals surface area contributed by atoms with E-state index >= 15 is 0 Å². The first kappa shape index (κ1) is 20.5. The summed E-state index contributed by atoms with van der Waals surface area (Å²) in [5.41, 5.74) is 3.95. The first-order valence-electron chi connectivity index (χ1n) is 10.9. The highest BCUT2D eigenvalue weighted by molar-refractivity contribution is 6.14. The lowest BCUT2D eigenvalue weighted by Gasteiger charge is -2.24. The van der Waals surface area contributed by atoms with Gasteiger partial charge >= 0.3 is 0 Å². The number of quaternary nitrogens is 1. The van der Waals surface area contributed by atoms with Gasteiger partial charge in [-0.3, -0.25) is 4.79 Å². The van der Waals surface area contributed by atoms with Gasteiger partial charge in [-0.1, -0.05) is 26.0 Å². The smallest absolute Gasteiger partial charge is 0.259 e. The van der Waals surface area contributed by atoms with Gasteiger partial charge in [-0.05, 0) is 61.9 Å². The lowest BCUT2D eigenvalue weighted by Crippen LogP contribution is -3.11. The molecule has 0 saturated carbocycles. The second-order valence-electron chi connectivity index (χ2n) is 8.69. The number of nitrogens with one attached hydrogen (secondary N) is 2. The molecular weight excluding hydrogens is 376 g/mol. The molecule has 0 radical (unpaired) electrons. The molecule has 1 fully saturated rings. The Bertz CT molecular complexity index is 1040. The van der Waals surface area contributed by atoms with Crippen molar-refractivity contribution in [3.05, 3.63) is 58.8 Å². The van der Waals surface area contributed by atoms with Crippen LogP contribution in [0.5, 0.6) is 5.75 Å². The summed E-state index contributed by atoms with van der Waals surface area (Å²) in [6.45, 7) is 8.99. The topological polar surface area (TPSA) is 66.9 Å². The highest BCUT2D eigenvalue weighted by Gasteiger charge is 2.26. The molecule has 3 aromatic rings. The van der Waals surface area contributed by atoms with Gasteiger partial charge in [0, 0.05) is 11.1 Å². The van der Waals surface area contributed by atoms with E-state index in [4.69, 9.17) is 4.42 Å². The van der Waals surface area contributed by atoms with Crippen LogP contribution in [0.1, 0.15) is 66.3 Å². The SMILES string of the molecule is Cc1oc2ccc(O)c(C[NH+]3CCCCC3)c2c1C(=O)Nc1ccc(C(C)C)cc1. The number of phenols is 1. The van der Waals surface area contributed by atoms with Crippen LogP contribution in [0.15, 0.2) is 40.8 Å². The predicted molar refractivity (Wildman–Crippen MR) is 119 cm³/mol. The molecule has 1 aliphatic heterocycles. The fourth-order valence-corrected chi connectivity index (χ4v) is 4.44. The molecule has 2 heterocycles. The van der Waals surface area contributed by atoms with Crippen LogP contribution in [0, 0.1) is 6.92 Å². The third-order valence-electron chi connectivity index (χ3n) is 6.16. The number of carbonyl (C=O) groups excluding carboxylic acids is 1. The molecule has 1 amide bonds. The van der Waals surface area contributed by atoms with Crippen molar-refractivity contribution in [1.82, 2.24) is 0 Å². The fraction of sp³-hybridized carbons (Fsp3) is 0.400. The molecule has 0 unspecified atom stereocenters. The Morgan fingerprint density at radius 1 is 1.10 bits per heavy atom. The van der Waals surface area contributed by atoms with E-state index in [0.717, 1.165) is 29.7 Å². The third-order valence-corrected chi connectivity index (χ3v) is 6.16. The average molecular weight is 408 g/mol. The number of aromatic hydroxyl groups is 1. The Hall–Kier alpha value is -2.79. The number of fused-ring (bicyclic) bond motifs is 1. The van der Waals surface area contributed by atoms with Crippen LogP contribution in [-0.4, -0.2) is 24.1 Å². The number of hydrogen-bond acceptors (Lipinski definition) is 3. The molecule has 4 rings (SSSR count). The second kappa shape index (κ2) is 8.52. The maximum absolute atomic E-state index is 13.2. The number of furan rings is 1. The monoisotopic (exact) mass is 407 g/mol. The van der Waals surface area contributed by atoms with E-state index < -0.39 is 0 Å². The predicted octanol–water partition coefficient (Wildman–Crippen LogP) is 4.39. The average Bonchev–Trinajstić information content (AvgIpc) is 3.07. The van der Waals surface area contributed by atoms with Crippen LogP contribution in [0.3, 0.4) is 0 Å². The molecule has 1 saturated heterocycles. The van der Waals surface area contributed by atoms with Crippen LogP contribution in [-0.2, 0) is 6.54 Å². The number of aryl methyl sites for hydroxylation is 1. The van der Waals surface area contributed by atoms with Gasteiger partial charge in [-0.25, -0.2) is 0 Å². The largest absolute Gasteiger partial charge is 0.507 e. The number of benzene rings is 2. The zero-order chi connectivity index (χ0) is 21.3. The van der Waals surface area contributed by atoms with E-state index in [2.05, 4.69) is 19.2 Å². The van der Waals surface area contributed by atoms with Crippen LogP contribution in [0.25, 0.3) is 11.0 Å². The normalized spacial score (nSPS) is 15.1. The Morgan fingerprint density at radius 3 is 2.47 bits per heavy atom. The maximum atomic E-state index is 13.2. The van der Waals surface area contributed by atoms with Gasteiger partial charge in [0.05, 0.1) is 24.2 Å². The summed E-state index contributed by atoms with van der Waals surface area (Å²) >= 11 is 0. The quantitative estimate of drug-likeness (QED) is 0.588. The van der Waals surface area contributed by atoms with Gasteiger partial charge in [0.25, 0.3) is 5.91 Å². The van der Waals surface area contributed by atoms with Gasteiger partial charge < -0.3 is 19.7 Å². The number of phenolic OH excluding ortho intramolecular Hbond substituents is 1. The number of rotatable bonds is 5. The fourth-order valence-electron chi connectivity index (χ4n) is 4.44. The minimum Gasteiger partial charge on any atom is -0.507 e. The number of hydrogen-bond donors (Lipinski definition) is 3.